The maximum Gasteiger partial charge on any atom is 0.193 e. The molecule has 0 bridgehead atoms. The maximum absolute atomic E-state index is 13.0. The molecule has 0 saturated carbocycles. The highest BCUT2D eigenvalue weighted by molar-refractivity contribution is 5.92. The molecule has 0 amide bonds. The number of hydrogen-bond acceptors (Lipinski definition) is 1. The van der Waals surface area contributed by atoms with Gasteiger partial charge in [-0.1, -0.05) is 24.3 Å². The molecule has 2 aromatic carbocycles. The molecule has 98 valence electrons. The Labute approximate surface area is 112 Å². The summed E-state index contributed by atoms with van der Waals surface area (Å²) in [5, 5.41) is 3.00. The highest BCUT2D eigenvalue weighted by atomic mass is 19.1. The number of nitrogens with two attached hydrogens (primary N) is 1. The van der Waals surface area contributed by atoms with Gasteiger partial charge in [-0.05, 0) is 42.3 Å². The smallest absolute Gasteiger partial charge is 0.193 e. The predicted octanol–water partition coefficient (Wildman–Crippen LogP) is 3.06. The van der Waals surface area contributed by atoms with Gasteiger partial charge in [-0.25, -0.2) is 9.38 Å². The van der Waals surface area contributed by atoms with Crippen LogP contribution < -0.4 is 11.1 Å². The minimum Gasteiger partial charge on any atom is -0.370 e. The first-order valence-electron chi connectivity index (χ1n) is 6.01. The Hall–Kier alpha value is -2.36. The molecule has 0 heterocycles. The predicted molar refractivity (Wildman–Crippen MR) is 76.5 cm³/mol. The van der Waals surface area contributed by atoms with Crippen LogP contribution in [0.25, 0.3) is 0 Å². The highest BCUT2D eigenvalue weighted by Gasteiger charge is 1.97. The Balaban J connectivity index is 2.00. The summed E-state index contributed by atoms with van der Waals surface area (Å²) in [4.78, 5) is 4.18. The maximum atomic E-state index is 13.0. The van der Waals surface area contributed by atoms with E-state index in [-0.39, 0.29) is 5.82 Å². The Kier molecular flexibility index (Phi) is 4.13. The third-order valence-electron chi connectivity index (χ3n) is 2.61. The van der Waals surface area contributed by atoms with Crippen molar-refractivity contribution >= 4 is 11.6 Å². The first-order chi connectivity index (χ1) is 9.13. The van der Waals surface area contributed by atoms with Gasteiger partial charge in [-0.3, -0.25) is 0 Å². The first kappa shape index (κ1) is 13.1. The fraction of sp³-hybridized carbons (Fsp3) is 0.133. The molecule has 2 rings (SSSR count). The van der Waals surface area contributed by atoms with Gasteiger partial charge in [-0.2, -0.15) is 0 Å². The lowest BCUT2D eigenvalue weighted by Crippen LogP contribution is -2.22. The monoisotopic (exact) mass is 257 g/mol. The minimum absolute atomic E-state index is 0.266. The molecular weight excluding hydrogens is 241 g/mol. The number of nitrogens with zero attached hydrogens (tertiary/aromatic N) is 1. The molecule has 4 heteroatoms. The fourth-order valence-electron chi connectivity index (χ4n) is 1.72. The van der Waals surface area contributed by atoms with Gasteiger partial charge >= 0.3 is 0 Å². The van der Waals surface area contributed by atoms with Crippen LogP contribution >= 0.6 is 0 Å². The number of aliphatic imine (C=N–C) groups is 1. The topological polar surface area (TPSA) is 50.4 Å². The molecule has 19 heavy (non-hydrogen) atoms. The first-order valence-corrected chi connectivity index (χ1v) is 6.01. The number of nitrogens with one attached hydrogen (secondary N) is 1. The largest absolute Gasteiger partial charge is 0.370 e. The van der Waals surface area contributed by atoms with Crippen LogP contribution in [0.15, 0.2) is 53.5 Å². The molecular formula is C15H16FN3. The van der Waals surface area contributed by atoms with E-state index >= 15 is 0 Å². The third kappa shape index (κ3) is 4.10. The molecule has 0 aliphatic rings. The molecule has 2 aromatic rings. The van der Waals surface area contributed by atoms with Crippen molar-refractivity contribution < 1.29 is 4.39 Å². The summed E-state index contributed by atoms with van der Waals surface area (Å²) in [6.45, 7) is 2.35. The fourth-order valence-corrected chi connectivity index (χ4v) is 1.72. The van der Waals surface area contributed by atoms with Crippen molar-refractivity contribution in [2.24, 2.45) is 10.7 Å². The van der Waals surface area contributed by atoms with E-state index < -0.39 is 0 Å². The average molecular weight is 257 g/mol. The molecule has 0 aliphatic heterocycles. The van der Waals surface area contributed by atoms with Crippen LogP contribution in [-0.4, -0.2) is 5.96 Å². The lowest BCUT2D eigenvalue weighted by atomic mass is 10.2. The zero-order chi connectivity index (χ0) is 13.7. The second-order valence-electron chi connectivity index (χ2n) is 4.33. The lowest BCUT2D eigenvalue weighted by molar-refractivity contribution is 0.625. The van der Waals surface area contributed by atoms with Crippen LogP contribution in [0.1, 0.15) is 11.1 Å². The van der Waals surface area contributed by atoms with E-state index in [1.807, 2.05) is 37.3 Å². The molecule has 0 atom stereocenters. The van der Waals surface area contributed by atoms with Gasteiger partial charge < -0.3 is 11.1 Å². The quantitative estimate of drug-likeness (QED) is 0.656. The van der Waals surface area contributed by atoms with E-state index in [0.717, 1.165) is 16.8 Å². The summed E-state index contributed by atoms with van der Waals surface area (Å²) in [5.41, 5.74) is 8.60. The van der Waals surface area contributed by atoms with Crippen molar-refractivity contribution in [3.63, 3.8) is 0 Å². The molecule has 0 unspecified atom stereocenters. The van der Waals surface area contributed by atoms with E-state index in [0.29, 0.717) is 12.5 Å². The van der Waals surface area contributed by atoms with E-state index in [1.165, 1.54) is 12.1 Å². The number of anilines is 1. The van der Waals surface area contributed by atoms with Crippen molar-refractivity contribution in [1.82, 2.24) is 0 Å². The second kappa shape index (κ2) is 6.00. The minimum atomic E-state index is -0.266. The van der Waals surface area contributed by atoms with Gasteiger partial charge in [0, 0.05) is 5.69 Å². The normalized spacial score (nSPS) is 11.4. The van der Waals surface area contributed by atoms with Crippen molar-refractivity contribution in [1.29, 1.82) is 0 Å². The highest BCUT2D eigenvalue weighted by Crippen LogP contribution is 2.09. The van der Waals surface area contributed by atoms with E-state index in [4.69, 9.17) is 5.73 Å². The number of rotatable bonds is 3. The molecule has 0 saturated heterocycles. The Morgan fingerprint density at radius 3 is 2.74 bits per heavy atom. The standard InChI is InChI=1S/C15H16FN3/c1-11-4-2-7-14(8-11)19-15(17)18-10-12-5-3-6-13(16)9-12/h2-9H,10H2,1H3,(H3,17,18,19). The van der Waals surface area contributed by atoms with Gasteiger partial charge in [0.25, 0.3) is 0 Å². The van der Waals surface area contributed by atoms with Crippen molar-refractivity contribution in [2.45, 2.75) is 13.5 Å². The number of halogens is 1. The van der Waals surface area contributed by atoms with E-state index in [2.05, 4.69) is 10.3 Å². The summed E-state index contributed by atoms with van der Waals surface area (Å²) in [5.74, 6) is 0.0489. The van der Waals surface area contributed by atoms with Crippen LogP contribution in [0, 0.1) is 12.7 Å². The zero-order valence-corrected chi connectivity index (χ0v) is 10.7. The summed E-state index contributed by atoms with van der Waals surface area (Å²) < 4.78 is 13.0. The molecule has 0 fully saturated rings. The SMILES string of the molecule is Cc1cccc(NC(N)=NCc2cccc(F)c2)c1. The lowest BCUT2D eigenvalue weighted by Gasteiger charge is -2.06. The second-order valence-corrected chi connectivity index (χ2v) is 4.33. The van der Waals surface area contributed by atoms with Crippen molar-refractivity contribution in [3.05, 3.63) is 65.5 Å². The van der Waals surface area contributed by atoms with Gasteiger partial charge in [-0.15, -0.1) is 0 Å². The average Bonchev–Trinajstić information content (AvgIpc) is 2.36. The molecule has 3 nitrogen and oxygen atoms in total. The molecule has 0 aromatic heterocycles. The molecule has 0 aliphatic carbocycles. The van der Waals surface area contributed by atoms with Crippen LogP contribution in [0.3, 0.4) is 0 Å². The van der Waals surface area contributed by atoms with Crippen molar-refractivity contribution in [3.8, 4) is 0 Å². The van der Waals surface area contributed by atoms with E-state index in [9.17, 15) is 4.39 Å². The molecule has 0 spiro atoms. The molecule has 3 N–H and O–H groups in total. The van der Waals surface area contributed by atoms with Crippen molar-refractivity contribution in [2.75, 3.05) is 5.32 Å². The number of guanidine groups is 1. The molecule has 0 radical (unpaired) electrons. The number of hydrogen-bond donors (Lipinski definition) is 2. The Morgan fingerprint density at radius 1 is 1.21 bits per heavy atom. The summed E-state index contributed by atoms with van der Waals surface area (Å²) in [6, 6.07) is 14.2. The Bertz CT molecular complexity index is 593. The number of benzene rings is 2. The van der Waals surface area contributed by atoms with Crippen LogP contribution in [0.5, 0.6) is 0 Å². The number of aryl methyl sites for hydroxylation is 1. The summed E-state index contributed by atoms with van der Waals surface area (Å²) in [7, 11) is 0. The van der Waals surface area contributed by atoms with Gasteiger partial charge in [0.2, 0.25) is 0 Å². The van der Waals surface area contributed by atoms with Crippen LogP contribution in [0.4, 0.5) is 10.1 Å². The van der Waals surface area contributed by atoms with Gasteiger partial charge in [0.05, 0.1) is 6.54 Å². The Morgan fingerprint density at radius 2 is 2.00 bits per heavy atom. The van der Waals surface area contributed by atoms with Crippen LogP contribution in [0.2, 0.25) is 0 Å². The van der Waals surface area contributed by atoms with Gasteiger partial charge in [0.15, 0.2) is 5.96 Å². The third-order valence-corrected chi connectivity index (χ3v) is 2.61. The van der Waals surface area contributed by atoms with E-state index in [1.54, 1.807) is 6.07 Å². The summed E-state index contributed by atoms with van der Waals surface area (Å²) in [6.07, 6.45) is 0. The van der Waals surface area contributed by atoms with Gasteiger partial charge in [0.1, 0.15) is 5.82 Å². The summed E-state index contributed by atoms with van der Waals surface area (Å²) >= 11 is 0. The zero-order valence-electron chi connectivity index (χ0n) is 10.7. The van der Waals surface area contributed by atoms with Crippen LogP contribution in [-0.2, 0) is 6.54 Å².